The molecular weight excluding hydrogens is 188 g/mol. The van der Waals surface area contributed by atoms with Crippen LogP contribution in [-0.4, -0.2) is 0 Å². The molecule has 14 heavy (non-hydrogen) atoms. The van der Waals surface area contributed by atoms with E-state index in [0.29, 0.717) is 0 Å². The lowest BCUT2D eigenvalue weighted by atomic mass is 10.1. The summed E-state index contributed by atoms with van der Waals surface area (Å²) in [6, 6.07) is 0. The first-order chi connectivity index (χ1) is 6.86. The van der Waals surface area contributed by atoms with Crippen molar-refractivity contribution in [3.05, 3.63) is 51.9 Å². The molecule has 68 valence electrons. The van der Waals surface area contributed by atoms with Gasteiger partial charge in [-0.25, -0.2) is 0 Å². The van der Waals surface area contributed by atoms with E-state index in [-0.39, 0.29) is 0 Å². The van der Waals surface area contributed by atoms with Crippen molar-refractivity contribution in [1.82, 2.24) is 0 Å². The zero-order chi connectivity index (χ0) is 9.97. The molecule has 0 saturated carbocycles. The van der Waals surface area contributed by atoms with Crippen LogP contribution in [0.3, 0.4) is 0 Å². The largest absolute Gasteiger partial charge is 0.135 e. The maximum Gasteiger partial charge on any atom is 0.0361 e. The van der Waals surface area contributed by atoms with E-state index < -0.39 is 0 Å². The third-order valence-corrected chi connectivity index (χ3v) is 3.28. The molecule has 0 saturated heterocycles. The summed E-state index contributed by atoms with van der Waals surface area (Å²) in [5, 5.41) is 0. The maximum absolute atomic E-state index is 3.83. The Morgan fingerprint density at radius 2 is 2.14 bits per heavy atom. The van der Waals surface area contributed by atoms with Crippen molar-refractivity contribution in [2.45, 2.75) is 0 Å². The summed E-state index contributed by atoms with van der Waals surface area (Å²) in [6.45, 7) is 7.63. The van der Waals surface area contributed by atoms with Crippen LogP contribution >= 0.6 is 11.3 Å². The second-order valence-corrected chi connectivity index (χ2v) is 3.99. The fourth-order valence-corrected chi connectivity index (χ4v) is 2.50. The Morgan fingerprint density at radius 3 is 2.86 bits per heavy atom. The summed E-state index contributed by atoms with van der Waals surface area (Å²) in [4.78, 5) is 2.42. The van der Waals surface area contributed by atoms with Crippen LogP contribution in [0.15, 0.2) is 31.0 Å². The highest BCUT2D eigenvalue weighted by Gasteiger charge is 2.10. The van der Waals surface area contributed by atoms with Crippen molar-refractivity contribution in [1.29, 1.82) is 0 Å². The zero-order valence-corrected chi connectivity index (χ0v) is 8.60. The topological polar surface area (TPSA) is 0 Å². The lowest BCUT2D eigenvalue weighted by molar-refractivity contribution is 1.75. The van der Waals surface area contributed by atoms with Crippen LogP contribution < -0.4 is 0 Å². The Morgan fingerprint density at radius 1 is 1.29 bits per heavy atom. The van der Waals surface area contributed by atoms with E-state index in [1.807, 2.05) is 30.4 Å². The van der Waals surface area contributed by atoms with E-state index in [1.54, 1.807) is 11.3 Å². The lowest BCUT2D eigenvalue weighted by Gasteiger charge is -1.93. The van der Waals surface area contributed by atoms with Crippen LogP contribution in [0.4, 0.5) is 0 Å². The van der Waals surface area contributed by atoms with Crippen molar-refractivity contribution in [3.63, 3.8) is 0 Å². The molecule has 0 nitrogen and oxygen atoms in total. The minimum absolute atomic E-state index is 1.16. The fraction of sp³-hybridized carbons (Fsp3) is 0. The van der Waals surface area contributed by atoms with Gasteiger partial charge in [-0.2, -0.15) is 0 Å². The smallest absolute Gasteiger partial charge is 0.0361 e. The van der Waals surface area contributed by atoms with Gasteiger partial charge in [0.25, 0.3) is 0 Å². The SMILES string of the molecule is C=Cc1sc2c(c1C=C)C=C=CC=C2. The molecule has 1 aliphatic carbocycles. The van der Waals surface area contributed by atoms with Crippen LogP contribution in [0.5, 0.6) is 0 Å². The summed E-state index contributed by atoms with van der Waals surface area (Å²) in [7, 11) is 0. The van der Waals surface area contributed by atoms with Gasteiger partial charge in [-0.15, -0.1) is 17.1 Å². The summed E-state index contributed by atoms with van der Waals surface area (Å²) in [5.41, 5.74) is 5.46. The molecule has 1 heteroatoms. The van der Waals surface area contributed by atoms with E-state index >= 15 is 0 Å². The van der Waals surface area contributed by atoms with Crippen molar-refractivity contribution in [3.8, 4) is 0 Å². The summed E-state index contributed by atoms with van der Waals surface area (Å²) in [5.74, 6) is 0. The number of rotatable bonds is 2. The predicted molar refractivity (Wildman–Crippen MR) is 66.1 cm³/mol. The molecule has 1 heterocycles. The number of hydrogen-bond donors (Lipinski definition) is 0. The molecular formula is C13H10S. The number of thiophene rings is 1. The normalized spacial score (nSPS) is 12.3. The lowest BCUT2D eigenvalue weighted by Crippen LogP contribution is -1.75. The van der Waals surface area contributed by atoms with Gasteiger partial charge in [-0.05, 0) is 18.2 Å². The minimum Gasteiger partial charge on any atom is -0.135 e. The molecule has 0 atom stereocenters. The molecule has 1 aromatic heterocycles. The second-order valence-electron chi connectivity index (χ2n) is 2.90. The predicted octanol–water partition coefficient (Wildman–Crippen LogP) is 4.23. The zero-order valence-electron chi connectivity index (χ0n) is 7.79. The Balaban J connectivity index is 2.75. The fourth-order valence-electron chi connectivity index (χ4n) is 1.45. The van der Waals surface area contributed by atoms with E-state index in [0.717, 1.165) is 5.56 Å². The quantitative estimate of drug-likeness (QED) is 0.624. The van der Waals surface area contributed by atoms with Gasteiger partial charge in [0.2, 0.25) is 0 Å². The van der Waals surface area contributed by atoms with E-state index in [9.17, 15) is 0 Å². The average Bonchev–Trinajstić information content (AvgIpc) is 2.39. The Labute approximate surface area is 87.9 Å². The van der Waals surface area contributed by atoms with E-state index in [1.165, 1.54) is 15.3 Å². The van der Waals surface area contributed by atoms with Crippen molar-refractivity contribution in [2.24, 2.45) is 0 Å². The van der Waals surface area contributed by atoms with Crippen LogP contribution in [0.25, 0.3) is 24.3 Å². The number of hydrogen-bond acceptors (Lipinski definition) is 1. The Kier molecular flexibility index (Phi) is 2.36. The van der Waals surface area contributed by atoms with Crippen molar-refractivity contribution >= 4 is 35.6 Å². The molecule has 0 bridgehead atoms. The van der Waals surface area contributed by atoms with Gasteiger partial charge in [0.15, 0.2) is 0 Å². The van der Waals surface area contributed by atoms with Gasteiger partial charge in [-0.1, -0.05) is 31.4 Å². The third-order valence-electron chi connectivity index (χ3n) is 2.10. The second kappa shape index (κ2) is 3.67. The first-order valence-corrected chi connectivity index (χ1v) is 5.19. The van der Waals surface area contributed by atoms with Crippen LogP contribution in [-0.2, 0) is 0 Å². The number of allylic oxidation sites excluding steroid dienone is 2. The first kappa shape index (κ1) is 9.01. The molecule has 0 amide bonds. The molecule has 0 fully saturated rings. The van der Waals surface area contributed by atoms with Crippen molar-refractivity contribution < 1.29 is 0 Å². The molecule has 0 radical (unpaired) electrons. The van der Waals surface area contributed by atoms with Gasteiger partial charge in [0, 0.05) is 20.9 Å². The Hall–Kier alpha value is -1.56. The van der Waals surface area contributed by atoms with E-state index in [4.69, 9.17) is 0 Å². The third kappa shape index (κ3) is 1.33. The molecule has 0 aliphatic heterocycles. The molecule has 0 N–H and O–H groups in total. The minimum atomic E-state index is 1.16. The first-order valence-electron chi connectivity index (χ1n) is 4.37. The molecule has 0 spiro atoms. The highest BCUT2D eigenvalue weighted by Crippen LogP contribution is 2.33. The molecule has 0 aromatic carbocycles. The number of fused-ring (bicyclic) bond motifs is 1. The van der Waals surface area contributed by atoms with Gasteiger partial charge in [-0.3, -0.25) is 0 Å². The van der Waals surface area contributed by atoms with Gasteiger partial charge in [0.05, 0.1) is 0 Å². The summed E-state index contributed by atoms with van der Waals surface area (Å²) >= 11 is 1.73. The summed E-state index contributed by atoms with van der Waals surface area (Å²) in [6.07, 6.45) is 11.8. The van der Waals surface area contributed by atoms with Crippen LogP contribution in [0, 0.1) is 0 Å². The molecule has 1 aliphatic rings. The van der Waals surface area contributed by atoms with Crippen molar-refractivity contribution in [2.75, 3.05) is 0 Å². The summed E-state index contributed by atoms with van der Waals surface area (Å²) < 4.78 is 0. The molecule has 1 aromatic rings. The van der Waals surface area contributed by atoms with Crippen LogP contribution in [0.2, 0.25) is 0 Å². The van der Waals surface area contributed by atoms with Crippen LogP contribution in [0.1, 0.15) is 20.9 Å². The van der Waals surface area contributed by atoms with Gasteiger partial charge >= 0.3 is 0 Å². The Bertz CT molecular complexity index is 478. The maximum atomic E-state index is 3.83. The monoisotopic (exact) mass is 198 g/mol. The standard InChI is InChI=1S/C13H10S/c1-3-10-11-8-6-5-7-9-13(11)14-12(10)4-2/h3-5,7-9H,1-2H2. The molecule has 2 rings (SSSR count). The highest BCUT2D eigenvalue weighted by atomic mass is 32.1. The molecule has 0 unspecified atom stereocenters. The average molecular weight is 198 g/mol. The van der Waals surface area contributed by atoms with Gasteiger partial charge < -0.3 is 0 Å². The highest BCUT2D eigenvalue weighted by molar-refractivity contribution is 7.14. The van der Waals surface area contributed by atoms with E-state index in [2.05, 4.69) is 25.0 Å². The van der Waals surface area contributed by atoms with Gasteiger partial charge in [0.1, 0.15) is 0 Å².